The molecule has 0 heterocycles. The minimum atomic E-state index is 0. The van der Waals surface area contributed by atoms with Gasteiger partial charge in [0, 0.05) is 33.0 Å². The molecule has 1 N–H and O–H groups in total. The Labute approximate surface area is 286 Å². The Morgan fingerprint density at radius 1 is 0.725 bits per heavy atom. The summed E-state index contributed by atoms with van der Waals surface area (Å²) in [4.78, 5) is 2.41. The van der Waals surface area contributed by atoms with E-state index in [9.17, 15) is 0 Å². The first-order chi connectivity index (χ1) is 18.3. The van der Waals surface area contributed by atoms with Gasteiger partial charge in [-0.25, -0.2) is 0 Å². The van der Waals surface area contributed by atoms with Crippen LogP contribution >= 0.6 is 0 Å². The van der Waals surface area contributed by atoms with E-state index < -0.39 is 0 Å². The second-order valence-electron chi connectivity index (χ2n) is 10.8. The molecule has 4 nitrogen and oxygen atoms in total. The maximum absolute atomic E-state index is 7.81. The van der Waals surface area contributed by atoms with Gasteiger partial charge in [0.1, 0.15) is 0 Å². The van der Waals surface area contributed by atoms with E-state index in [1.165, 1.54) is 89.9 Å². The average molecular weight is 815 g/mol. The van der Waals surface area contributed by atoms with Crippen molar-refractivity contribution >= 4 is 0 Å². The molecule has 4 rings (SSSR count). The van der Waals surface area contributed by atoms with Crippen LogP contribution in [0.3, 0.4) is 0 Å². The first-order valence-electron chi connectivity index (χ1n) is 15.7. The molecule has 0 radical (unpaired) electrons. The third kappa shape index (κ3) is 29.6. The predicted octanol–water partition coefficient (Wildman–Crippen LogP) is 7.67. The summed E-state index contributed by atoms with van der Waals surface area (Å²) in [6.07, 6.45) is 31.5. The van der Waals surface area contributed by atoms with Crippen molar-refractivity contribution in [1.29, 1.82) is 0 Å². The van der Waals surface area contributed by atoms with Gasteiger partial charge in [-0.05, 0) is 31.8 Å². The molecule has 2 atom stereocenters. The third-order valence-electron chi connectivity index (χ3n) is 7.38. The van der Waals surface area contributed by atoms with Crippen molar-refractivity contribution in [2.45, 2.75) is 109 Å². The second-order valence-corrected chi connectivity index (χ2v) is 10.8. The van der Waals surface area contributed by atoms with Gasteiger partial charge in [0.05, 0.1) is 0 Å². The van der Waals surface area contributed by atoms with Crippen molar-refractivity contribution in [3.8, 4) is 0 Å². The molecule has 7 heteroatoms. The molecule has 0 bridgehead atoms. The van der Waals surface area contributed by atoms with Crippen LogP contribution in [0.4, 0.5) is 0 Å². The Hall–Kier alpha value is 1.57. The molecule has 0 aromatic carbocycles. The van der Waals surface area contributed by atoms with Gasteiger partial charge < -0.3 is 59.0 Å². The van der Waals surface area contributed by atoms with Gasteiger partial charge in [-0.1, -0.05) is 44.9 Å². The SMILES string of the molecule is [CH-]1CCCC1.[CH-]1CCCC1.[CH2-]CCO.[CH2-]CN(CCCOCC1[CH-]CCC1)CCCOCC1C[CH-]CC1.[Fe+2].[Fe+2].[W+2]. The number of hydrogen-bond donors (Lipinski definition) is 1. The number of aliphatic hydroxyl groups is 1. The zero-order chi connectivity index (χ0) is 26.7. The summed E-state index contributed by atoms with van der Waals surface area (Å²) >= 11 is 0. The first kappa shape index (κ1) is 46.0. The van der Waals surface area contributed by atoms with Crippen molar-refractivity contribution in [3.05, 3.63) is 39.5 Å². The molecular formula is C33H61Fe2NO3W. The molecular weight excluding hydrogens is 754 g/mol. The summed E-state index contributed by atoms with van der Waals surface area (Å²) in [5.41, 5.74) is 0. The fraction of sp³-hybridized carbons (Fsp3) is 0.818. The Morgan fingerprint density at radius 3 is 1.65 bits per heavy atom. The van der Waals surface area contributed by atoms with Gasteiger partial charge >= 0.3 is 55.2 Å². The van der Waals surface area contributed by atoms with E-state index in [2.05, 4.69) is 44.4 Å². The molecule has 0 amide bonds. The monoisotopic (exact) mass is 815 g/mol. The first-order valence-corrected chi connectivity index (χ1v) is 15.7. The molecule has 238 valence electrons. The number of rotatable bonds is 14. The smallest absolute Gasteiger partial charge is 0.399 e. The van der Waals surface area contributed by atoms with Crippen LogP contribution in [0.15, 0.2) is 0 Å². The summed E-state index contributed by atoms with van der Waals surface area (Å²) in [6, 6.07) is 0. The molecule has 0 aliphatic heterocycles. The van der Waals surface area contributed by atoms with E-state index in [4.69, 9.17) is 14.6 Å². The predicted molar refractivity (Wildman–Crippen MR) is 159 cm³/mol. The van der Waals surface area contributed by atoms with E-state index in [0.717, 1.165) is 64.8 Å². The summed E-state index contributed by atoms with van der Waals surface area (Å²) in [6.45, 7) is 14.3. The van der Waals surface area contributed by atoms with Gasteiger partial charge in [0.15, 0.2) is 0 Å². The van der Waals surface area contributed by atoms with Gasteiger partial charge in [0.25, 0.3) is 0 Å². The maximum atomic E-state index is 7.81. The minimum Gasteiger partial charge on any atom is -0.399 e. The molecule has 4 aliphatic rings. The number of hydrogen-bond acceptors (Lipinski definition) is 4. The van der Waals surface area contributed by atoms with Gasteiger partial charge in [-0.2, -0.15) is 51.4 Å². The topological polar surface area (TPSA) is 41.9 Å². The average Bonchev–Trinajstić information content (AvgIpc) is 3.77. The van der Waals surface area contributed by atoms with Crippen molar-refractivity contribution in [3.63, 3.8) is 0 Å². The van der Waals surface area contributed by atoms with Crippen LogP contribution in [0.25, 0.3) is 0 Å². The summed E-state index contributed by atoms with van der Waals surface area (Å²) in [5, 5.41) is 7.81. The fourth-order valence-corrected chi connectivity index (χ4v) is 5.02. The maximum Gasteiger partial charge on any atom is 2.00 e. The van der Waals surface area contributed by atoms with Crippen LogP contribution in [0, 0.1) is 51.4 Å². The number of ether oxygens (including phenoxy) is 2. The molecule has 2 unspecified atom stereocenters. The fourth-order valence-electron chi connectivity index (χ4n) is 5.02. The van der Waals surface area contributed by atoms with E-state index in [1.807, 2.05) is 0 Å². The molecule has 4 aliphatic carbocycles. The van der Waals surface area contributed by atoms with Gasteiger partial charge in [-0.15, -0.1) is 12.5 Å². The van der Waals surface area contributed by atoms with Crippen molar-refractivity contribution in [2.24, 2.45) is 11.8 Å². The van der Waals surface area contributed by atoms with Crippen molar-refractivity contribution < 1.29 is 69.8 Å². The zero-order valence-corrected chi connectivity index (χ0v) is 30.5. The molecule has 0 aromatic rings. The Kier molecular flexibility index (Phi) is 42.3. The molecule has 0 aromatic heterocycles. The van der Waals surface area contributed by atoms with Crippen LogP contribution in [-0.2, 0) is 64.7 Å². The van der Waals surface area contributed by atoms with Crippen LogP contribution in [0.1, 0.15) is 109 Å². The third-order valence-corrected chi connectivity index (χ3v) is 7.38. The van der Waals surface area contributed by atoms with Gasteiger partial charge in [0.2, 0.25) is 0 Å². The van der Waals surface area contributed by atoms with E-state index in [-0.39, 0.29) is 61.8 Å². The molecule has 4 saturated carbocycles. The molecule has 4 fully saturated rings. The van der Waals surface area contributed by atoms with Crippen LogP contribution < -0.4 is 0 Å². The van der Waals surface area contributed by atoms with Crippen molar-refractivity contribution in [1.82, 2.24) is 4.90 Å². The standard InChI is InChI=1S/C20H36NO2.2C5H9.C3H7O.2Fe.W/c1-2-21(13-7-15-22-17-19-9-3-4-10-19)14-8-16-23-18-20-11-5-6-12-20;2*1-2-4-5-3-1;1-2-3-4;;;/h3,11,19-20H,1-2,4-10,12-18H2;2*1H,2-5H2;4H,1-3H2;;;/q-3;3*-1;3*+2. The Balaban J connectivity index is -0.000000659. The number of aliphatic hydroxyl groups excluding tert-OH is 1. The van der Waals surface area contributed by atoms with Crippen LogP contribution in [0.2, 0.25) is 0 Å². The second kappa shape index (κ2) is 36.8. The van der Waals surface area contributed by atoms with Crippen LogP contribution in [0.5, 0.6) is 0 Å². The van der Waals surface area contributed by atoms with Gasteiger partial charge in [-0.3, -0.25) is 0 Å². The largest absolute Gasteiger partial charge is 2.00 e. The van der Waals surface area contributed by atoms with E-state index in [0.29, 0.717) is 12.3 Å². The van der Waals surface area contributed by atoms with Crippen LogP contribution in [-0.4, -0.2) is 62.7 Å². The normalized spacial score (nSPS) is 21.0. The van der Waals surface area contributed by atoms with Crippen molar-refractivity contribution in [2.75, 3.05) is 52.7 Å². The summed E-state index contributed by atoms with van der Waals surface area (Å²) < 4.78 is 11.6. The minimum absolute atomic E-state index is 0. The Morgan fingerprint density at radius 2 is 1.27 bits per heavy atom. The van der Waals surface area contributed by atoms with E-state index >= 15 is 0 Å². The van der Waals surface area contributed by atoms with E-state index in [1.54, 1.807) is 0 Å². The molecule has 40 heavy (non-hydrogen) atoms. The quantitative estimate of drug-likeness (QED) is 0.111. The number of nitrogens with zero attached hydrogens (tertiary/aromatic N) is 1. The summed E-state index contributed by atoms with van der Waals surface area (Å²) in [7, 11) is 0. The summed E-state index contributed by atoms with van der Waals surface area (Å²) in [5.74, 6) is 1.50. The molecule has 0 spiro atoms. The Bertz CT molecular complexity index is 392. The molecule has 0 saturated heterocycles. The zero-order valence-electron chi connectivity index (χ0n) is 25.4.